The molecule has 2 aliphatic rings. The number of rotatable bonds is 9. The molecule has 1 saturated heterocycles. The highest BCUT2D eigenvalue weighted by molar-refractivity contribution is 8.03. The lowest BCUT2D eigenvalue weighted by molar-refractivity contribution is -0.139. The van der Waals surface area contributed by atoms with Crippen molar-refractivity contribution in [2.24, 2.45) is 5.92 Å². The van der Waals surface area contributed by atoms with E-state index >= 15 is 0 Å². The second-order valence-electron chi connectivity index (χ2n) is 6.67. The van der Waals surface area contributed by atoms with Crippen LogP contribution in [0.3, 0.4) is 0 Å². The van der Waals surface area contributed by atoms with E-state index in [1.807, 2.05) is 6.92 Å². The zero-order valence-electron chi connectivity index (χ0n) is 15.6. The fraction of sp³-hybridized carbons (Fsp3) is 0.684. The number of unbranched alkanes of at least 4 members (excludes halogenated alkanes) is 5. The van der Waals surface area contributed by atoms with Gasteiger partial charge in [-0.3, -0.25) is 4.79 Å². The van der Waals surface area contributed by atoms with Crippen molar-refractivity contribution in [3.05, 3.63) is 22.4 Å². The van der Waals surface area contributed by atoms with Crippen LogP contribution in [-0.4, -0.2) is 42.7 Å². The minimum absolute atomic E-state index is 0.108. The summed E-state index contributed by atoms with van der Waals surface area (Å²) in [6.07, 6.45) is 8.69. The van der Waals surface area contributed by atoms with Gasteiger partial charge in [-0.15, -0.1) is 11.8 Å². The minimum atomic E-state index is -0.188. The van der Waals surface area contributed by atoms with Crippen LogP contribution < -0.4 is 5.32 Å². The number of thioether (sulfide) groups is 1. The van der Waals surface area contributed by atoms with Crippen LogP contribution in [0.4, 0.5) is 0 Å². The maximum Gasteiger partial charge on any atom is 0.337 e. The molecule has 2 aliphatic heterocycles. The first-order valence-corrected chi connectivity index (χ1v) is 10.3. The molecular weight excluding hydrogens is 336 g/mol. The number of esters is 1. The molecular formula is C19H30N2O3S. The number of carbonyl (C=O) groups excluding carboxylic acids is 2. The molecule has 0 saturated carbocycles. The zero-order valence-corrected chi connectivity index (χ0v) is 16.4. The fourth-order valence-electron chi connectivity index (χ4n) is 3.18. The molecule has 0 radical (unpaired) electrons. The van der Waals surface area contributed by atoms with E-state index in [-0.39, 0.29) is 17.8 Å². The van der Waals surface area contributed by atoms with Crippen LogP contribution in [0.2, 0.25) is 0 Å². The Morgan fingerprint density at radius 2 is 2.00 bits per heavy atom. The van der Waals surface area contributed by atoms with Crippen LogP contribution >= 0.6 is 11.8 Å². The van der Waals surface area contributed by atoms with Crippen LogP contribution in [0.25, 0.3) is 0 Å². The maximum absolute atomic E-state index is 12.5. The molecule has 140 valence electrons. The highest BCUT2D eigenvalue weighted by atomic mass is 32.2. The number of likely N-dealkylation sites (N-methyl/N-ethyl adjacent to an activating group) is 1. The van der Waals surface area contributed by atoms with Crippen molar-refractivity contribution in [1.82, 2.24) is 10.2 Å². The molecule has 1 amide bonds. The quantitative estimate of drug-likeness (QED) is 0.385. The topological polar surface area (TPSA) is 58.6 Å². The van der Waals surface area contributed by atoms with E-state index in [1.54, 1.807) is 24.9 Å². The Morgan fingerprint density at radius 3 is 2.72 bits per heavy atom. The summed E-state index contributed by atoms with van der Waals surface area (Å²) < 4.78 is 5.51. The van der Waals surface area contributed by atoms with Gasteiger partial charge in [0.2, 0.25) is 5.91 Å². The van der Waals surface area contributed by atoms with Crippen molar-refractivity contribution >= 4 is 23.6 Å². The fourth-order valence-corrected chi connectivity index (χ4v) is 4.50. The molecule has 25 heavy (non-hydrogen) atoms. The number of hydrogen-bond donors (Lipinski definition) is 1. The third-order valence-corrected chi connectivity index (χ3v) is 5.78. The van der Waals surface area contributed by atoms with E-state index in [4.69, 9.17) is 4.74 Å². The summed E-state index contributed by atoms with van der Waals surface area (Å²) in [6.45, 7) is 5.50. The Labute approximate surface area is 155 Å². The number of nitrogens with zero attached hydrogens (tertiary/aromatic N) is 1. The van der Waals surface area contributed by atoms with Gasteiger partial charge in [-0.2, -0.15) is 0 Å². The molecule has 2 heterocycles. The summed E-state index contributed by atoms with van der Waals surface area (Å²) in [4.78, 5) is 26.2. The van der Waals surface area contributed by atoms with Crippen molar-refractivity contribution in [1.29, 1.82) is 0 Å². The standard InChI is InChI=1S/C19H30N2O3S/c1-4-5-6-7-8-9-10-24-19(23)17-14(2)12-21-15(11-16(22)20-3)13-25-18(17)21/h11,14H,4-10,12-13H2,1-3H3,(H,20,22). The van der Waals surface area contributed by atoms with Crippen LogP contribution in [0.1, 0.15) is 52.4 Å². The van der Waals surface area contributed by atoms with Gasteiger partial charge in [0, 0.05) is 37.0 Å². The second-order valence-corrected chi connectivity index (χ2v) is 7.64. The molecule has 0 aromatic carbocycles. The zero-order chi connectivity index (χ0) is 18.2. The van der Waals surface area contributed by atoms with Crippen LogP contribution in [-0.2, 0) is 14.3 Å². The van der Waals surface area contributed by atoms with Crippen LogP contribution in [0.5, 0.6) is 0 Å². The molecule has 0 aliphatic carbocycles. The van der Waals surface area contributed by atoms with Crippen LogP contribution in [0.15, 0.2) is 22.4 Å². The number of hydrogen-bond acceptors (Lipinski definition) is 5. The molecule has 1 N–H and O–H groups in total. The first kappa shape index (κ1) is 19.9. The lowest BCUT2D eigenvalue weighted by Gasteiger charge is -2.15. The Hall–Kier alpha value is -1.43. The van der Waals surface area contributed by atoms with Gasteiger partial charge in [0.1, 0.15) is 0 Å². The van der Waals surface area contributed by atoms with E-state index in [1.165, 1.54) is 25.7 Å². The second kappa shape index (κ2) is 9.90. The minimum Gasteiger partial charge on any atom is -0.462 e. The molecule has 0 bridgehead atoms. The number of nitrogens with one attached hydrogen (secondary N) is 1. The molecule has 1 fully saturated rings. The van der Waals surface area contributed by atoms with Crippen molar-refractivity contribution in [2.75, 3.05) is 26.0 Å². The average molecular weight is 367 g/mol. The predicted molar refractivity (Wildman–Crippen MR) is 102 cm³/mol. The number of fused-ring (bicyclic) bond motifs is 1. The van der Waals surface area contributed by atoms with Crippen molar-refractivity contribution < 1.29 is 14.3 Å². The van der Waals surface area contributed by atoms with Gasteiger partial charge in [0.05, 0.1) is 17.2 Å². The van der Waals surface area contributed by atoms with Crippen molar-refractivity contribution in [3.63, 3.8) is 0 Å². The summed E-state index contributed by atoms with van der Waals surface area (Å²) >= 11 is 1.62. The molecule has 0 aromatic rings. The maximum atomic E-state index is 12.5. The summed E-state index contributed by atoms with van der Waals surface area (Å²) in [5, 5.41) is 3.58. The third-order valence-electron chi connectivity index (χ3n) is 4.62. The molecule has 1 atom stereocenters. The number of amides is 1. The molecule has 0 spiro atoms. The summed E-state index contributed by atoms with van der Waals surface area (Å²) in [6, 6.07) is 0. The normalized spacial score (nSPS) is 21.0. The van der Waals surface area contributed by atoms with Gasteiger partial charge in [-0.25, -0.2) is 4.79 Å². The number of carbonyl (C=O) groups is 2. The molecule has 0 aromatic heterocycles. The Bertz CT molecular complexity index is 557. The van der Waals surface area contributed by atoms with Gasteiger partial charge in [-0.05, 0) is 6.42 Å². The monoisotopic (exact) mass is 366 g/mol. The average Bonchev–Trinajstić information content (AvgIpc) is 3.12. The van der Waals surface area contributed by atoms with Gasteiger partial charge >= 0.3 is 5.97 Å². The largest absolute Gasteiger partial charge is 0.462 e. The van der Waals surface area contributed by atoms with Gasteiger partial charge in [0.25, 0.3) is 0 Å². The summed E-state index contributed by atoms with van der Waals surface area (Å²) in [7, 11) is 1.62. The van der Waals surface area contributed by atoms with E-state index in [2.05, 4.69) is 17.1 Å². The molecule has 1 unspecified atom stereocenters. The van der Waals surface area contributed by atoms with Crippen molar-refractivity contribution in [3.8, 4) is 0 Å². The first-order chi connectivity index (χ1) is 12.1. The summed E-state index contributed by atoms with van der Waals surface area (Å²) in [5.41, 5.74) is 1.74. The van der Waals surface area contributed by atoms with Gasteiger partial charge < -0.3 is 15.0 Å². The first-order valence-electron chi connectivity index (χ1n) is 9.32. The SMILES string of the molecule is CCCCCCCCOC(=O)C1=C2SCC(=CC(=O)NC)N2CC1C. The predicted octanol–water partition coefficient (Wildman–Crippen LogP) is 3.43. The lowest BCUT2D eigenvalue weighted by atomic mass is 10.1. The highest BCUT2D eigenvalue weighted by Crippen LogP contribution is 2.44. The molecule has 5 nitrogen and oxygen atoms in total. The molecule has 6 heteroatoms. The lowest BCUT2D eigenvalue weighted by Crippen LogP contribution is -2.21. The van der Waals surface area contributed by atoms with Crippen LogP contribution in [0, 0.1) is 5.92 Å². The summed E-state index contributed by atoms with van der Waals surface area (Å²) in [5.74, 6) is 0.563. The Balaban J connectivity index is 1.87. The molecule has 2 rings (SSSR count). The smallest absolute Gasteiger partial charge is 0.337 e. The number of ether oxygens (including phenoxy) is 1. The van der Waals surface area contributed by atoms with E-state index in [9.17, 15) is 9.59 Å². The Morgan fingerprint density at radius 1 is 1.28 bits per heavy atom. The Kier molecular flexibility index (Phi) is 7.88. The van der Waals surface area contributed by atoms with Gasteiger partial charge in [-0.1, -0.05) is 46.0 Å². The third kappa shape index (κ3) is 5.27. The van der Waals surface area contributed by atoms with E-state index < -0.39 is 0 Å². The van der Waals surface area contributed by atoms with Gasteiger partial charge in [0.15, 0.2) is 0 Å². The van der Waals surface area contributed by atoms with E-state index in [0.717, 1.165) is 41.4 Å². The van der Waals surface area contributed by atoms with E-state index in [0.29, 0.717) is 6.61 Å². The highest BCUT2D eigenvalue weighted by Gasteiger charge is 2.39. The van der Waals surface area contributed by atoms with Crippen molar-refractivity contribution in [2.45, 2.75) is 52.4 Å².